The van der Waals surface area contributed by atoms with Gasteiger partial charge in [-0.3, -0.25) is 4.79 Å². The fourth-order valence-electron chi connectivity index (χ4n) is 2.81. The number of aromatic nitrogens is 1. The summed E-state index contributed by atoms with van der Waals surface area (Å²) in [7, 11) is 0. The van der Waals surface area contributed by atoms with E-state index in [1.54, 1.807) is 29.5 Å². The van der Waals surface area contributed by atoms with E-state index in [1.807, 2.05) is 4.90 Å². The second kappa shape index (κ2) is 6.80. The maximum atomic E-state index is 12.6. The first-order chi connectivity index (χ1) is 11.0. The molecule has 0 spiro atoms. The third-order valence-corrected chi connectivity index (χ3v) is 6.32. The summed E-state index contributed by atoms with van der Waals surface area (Å²) in [5.41, 5.74) is 1.72. The van der Waals surface area contributed by atoms with Crippen molar-refractivity contribution in [1.29, 1.82) is 0 Å². The molecule has 1 amide bonds. The zero-order valence-corrected chi connectivity index (χ0v) is 15.4. The Hall–Kier alpha value is -1.10. The molecule has 1 saturated heterocycles. The van der Waals surface area contributed by atoms with E-state index in [0.717, 1.165) is 31.6 Å². The van der Waals surface area contributed by atoms with Gasteiger partial charge in [0.05, 0.1) is 20.7 Å². The van der Waals surface area contributed by atoms with Crippen molar-refractivity contribution < 1.29 is 4.79 Å². The Kier molecular flexibility index (Phi) is 4.95. The average molecular weight is 369 g/mol. The summed E-state index contributed by atoms with van der Waals surface area (Å²) in [4.78, 5) is 20.4. The average Bonchev–Trinajstić information content (AvgIpc) is 2.89. The molecule has 2 heterocycles. The molecule has 1 fully saturated rings. The number of nitrogens with zero attached hydrogens (tertiary/aromatic N) is 2. The molecule has 0 radical (unpaired) electrons. The third-order valence-electron chi connectivity index (χ3n) is 4.34. The van der Waals surface area contributed by atoms with E-state index >= 15 is 0 Å². The van der Waals surface area contributed by atoms with E-state index in [4.69, 9.17) is 23.2 Å². The Labute approximate surface area is 150 Å². The van der Waals surface area contributed by atoms with Crippen LogP contribution >= 0.6 is 34.5 Å². The van der Waals surface area contributed by atoms with Crippen LogP contribution in [-0.2, 0) is 0 Å². The molecule has 1 aromatic heterocycles. The van der Waals surface area contributed by atoms with E-state index in [-0.39, 0.29) is 5.91 Å². The van der Waals surface area contributed by atoms with Crippen LogP contribution in [0.1, 0.15) is 44.7 Å². The summed E-state index contributed by atoms with van der Waals surface area (Å²) in [5.74, 6) is 0.485. The molecule has 0 bridgehead atoms. The zero-order chi connectivity index (χ0) is 16.6. The minimum absolute atomic E-state index is 0.0218. The Morgan fingerprint density at radius 1 is 1.22 bits per heavy atom. The van der Waals surface area contributed by atoms with E-state index < -0.39 is 0 Å². The second-order valence-electron chi connectivity index (χ2n) is 5.89. The van der Waals surface area contributed by atoms with Crippen molar-refractivity contribution in [2.75, 3.05) is 13.1 Å². The summed E-state index contributed by atoms with van der Waals surface area (Å²) in [6, 6.07) is 5.05. The summed E-state index contributed by atoms with van der Waals surface area (Å²) in [6.07, 6.45) is 1.92. The zero-order valence-electron chi connectivity index (χ0n) is 13.1. The number of hydrogen-bond donors (Lipinski definition) is 0. The predicted molar refractivity (Wildman–Crippen MR) is 95.9 cm³/mol. The van der Waals surface area contributed by atoms with Gasteiger partial charge in [0, 0.05) is 29.4 Å². The van der Waals surface area contributed by atoms with Crippen molar-refractivity contribution in [2.45, 2.75) is 32.6 Å². The first-order valence-electron chi connectivity index (χ1n) is 7.64. The number of benzene rings is 1. The lowest BCUT2D eigenvalue weighted by atomic mass is 9.97. The molecule has 6 heteroatoms. The Bertz CT molecular complexity index is 717. The second-order valence-corrected chi connectivity index (χ2v) is 7.94. The van der Waals surface area contributed by atoms with Crippen LogP contribution in [0.3, 0.4) is 0 Å². The monoisotopic (exact) mass is 368 g/mol. The normalized spacial score (nSPS) is 15.9. The van der Waals surface area contributed by atoms with E-state index in [0.29, 0.717) is 21.5 Å². The lowest BCUT2D eigenvalue weighted by Crippen LogP contribution is -2.37. The topological polar surface area (TPSA) is 33.2 Å². The quantitative estimate of drug-likeness (QED) is 0.739. The standard InChI is InChI=1S/C17H18Cl2N2OS/c1-10-11(2)23-16(20-10)12-5-7-21(8-6-12)17(22)13-3-4-14(18)15(19)9-13/h3-4,9,12H,5-8H2,1-2H3. The van der Waals surface area contributed by atoms with Crippen molar-refractivity contribution in [3.8, 4) is 0 Å². The smallest absolute Gasteiger partial charge is 0.253 e. The van der Waals surface area contributed by atoms with Gasteiger partial charge < -0.3 is 4.90 Å². The summed E-state index contributed by atoms with van der Waals surface area (Å²) in [6.45, 7) is 5.67. The van der Waals surface area contributed by atoms with Crippen molar-refractivity contribution in [3.05, 3.63) is 49.4 Å². The van der Waals surface area contributed by atoms with Gasteiger partial charge in [-0.25, -0.2) is 4.98 Å². The summed E-state index contributed by atoms with van der Waals surface area (Å²) in [5, 5.41) is 2.10. The lowest BCUT2D eigenvalue weighted by molar-refractivity contribution is 0.0713. The maximum Gasteiger partial charge on any atom is 0.253 e. The van der Waals surface area contributed by atoms with Crippen LogP contribution in [0.4, 0.5) is 0 Å². The van der Waals surface area contributed by atoms with Crippen LogP contribution in [0, 0.1) is 13.8 Å². The minimum Gasteiger partial charge on any atom is -0.339 e. The third kappa shape index (κ3) is 3.54. The Balaban J connectivity index is 1.66. The van der Waals surface area contributed by atoms with E-state index in [2.05, 4.69) is 18.8 Å². The minimum atomic E-state index is 0.0218. The number of hydrogen-bond acceptors (Lipinski definition) is 3. The van der Waals surface area contributed by atoms with E-state index in [9.17, 15) is 4.79 Å². The van der Waals surface area contributed by atoms with Gasteiger partial charge >= 0.3 is 0 Å². The highest BCUT2D eigenvalue weighted by Crippen LogP contribution is 2.33. The number of likely N-dealkylation sites (tertiary alicyclic amines) is 1. The molecule has 3 nitrogen and oxygen atoms in total. The number of amides is 1. The molecule has 23 heavy (non-hydrogen) atoms. The maximum absolute atomic E-state index is 12.6. The molecule has 1 aliphatic heterocycles. The van der Waals surface area contributed by atoms with Crippen LogP contribution in [0.5, 0.6) is 0 Å². The number of aryl methyl sites for hydroxylation is 2. The highest BCUT2D eigenvalue weighted by atomic mass is 35.5. The lowest BCUT2D eigenvalue weighted by Gasteiger charge is -2.31. The van der Waals surface area contributed by atoms with Gasteiger partial charge in [0.1, 0.15) is 0 Å². The van der Waals surface area contributed by atoms with Gasteiger partial charge in [-0.05, 0) is 44.9 Å². The summed E-state index contributed by atoms with van der Waals surface area (Å²) >= 11 is 13.7. The van der Waals surface area contributed by atoms with Crippen LogP contribution < -0.4 is 0 Å². The predicted octanol–water partition coefficient (Wildman–Crippen LogP) is 5.09. The van der Waals surface area contributed by atoms with Gasteiger partial charge in [0.2, 0.25) is 0 Å². The van der Waals surface area contributed by atoms with Crippen molar-refractivity contribution in [3.63, 3.8) is 0 Å². The highest BCUT2D eigenvalue weighted by Gasteiger charge is 2.26. The van der Waals surface area contributed by atoms with Gasteiger partial charge in [0.15, 0.2) is 0 Å². The van der Waals surface area contributed by atoms with Crippen LogP contribution in [0.25, 0.3) is 0 Å². The first-order valence-corrected chi connectivity index (χ1v) is 9.21. The number of thiazole rings is 1. The van der Waals surface area contributed by atoms with Crippen LogP contribution in [0.15, 0.2) is 18.2 Å². The Morgan fingerprint density at radius 3 is 2.48 bits per heavy atom. The fourth-order valence-corrected chi connectivity index (χ4v) is 4.20. The number of carbonyl (C=O) groups excluding carboxylic acids is 1. The molecule has 0 unspecified atom stereocenters. The van der Waals surface area contributed by atoms with Gasteiger partial charge in [-0.1, -0.05) is 23.2 Å². The van der Waals surface area contributed by atoms with Gasteiger partial charge in [-0.2, -0.15) is 0 Å². The first kappa shape index (κ1) is 16.7. The molecule has 0 N–H and O–H groups in total. The molecule has 1 aromatic carbocycles. The van der Waals surface area contributed by atoms with Crippen LogP contribution in [0.2, 0.25) is 10.0 Å². The molecule has 3 rings (SSSR count). The largest absolute Gasteiger partial charge is 0.339 e. The number of piperidine rings is 1. The molecular formula is C17H18Cl2N2OS. The van der Waals surface area contributed by atoms with Crippen molar-refractivity contribution in [2.24, 2.45) is 0 Å². The van der Waals surface area contributed by atoms with Crippen molar-refractivity contribution >= 4 is 40.4 Å². The van der Waals surface area contributed by atoms with E-state index in [1.165, 1.54) is 9.88 Å². The molecule has 0 aliphatic carbocycles. The molecule has 0 saturated carbocycles. The Morgan fingerprint density at radius 2 is 1.91 bits per heavy atom. The highest BCUT2D eigenvalue weighted by molar-refractivity contribution is 7.11. The van der Waals surface area contributed by atoms with Crippen molar-refractivity contribution in [1.82, 2.24) is 9.88 Å². The number of rotatable bonds is 2. The fraction of sp³-hybridized carbons (Fsp3) is 0.412. The summed E-state index contributed by atoms with van der Waals surface area (Å²) < 4.78 is 0. The van der Waals surface area contributed by atoms with Gasteiger partial charge in [-0.15, -0.1) is 11.3 Å². The molecule has 1 aliphatic rings. The molecule has 0 atom stereocenters. The molecule has 2 aromatic rings. The molecule has 122 valence electrons. The number of halogens is 2. The van der Waals surface area contributed by atoms with Crippen LogP contribution in [-0.4, -0.2) is 28.9 Å². The number of carbonyl (C=O) groups is 1. The van der Waals surface area contributed by atoms with Gasteiger partial charge in [0.25, 0.3) is 5.91 Å². The molecular weight excluding hydrogens is 351 g/mol. The SMILES string of the molecule is Cc1nc(C2CCN(C(=O)c3ccc(Cl)c(Cl)c3)CC2)sc1C.